The molecule has 1 aliphatic rings. The molecule has 0 unspecified atom stereocenters. The number of aliphatic hydroxyl groups is 1. The summed E-state index contributed by atoms with van der Waals surface area (Å²) < 4.78 is 5.23. The van der Waals surface area contributed by atoms with E-state index in [1.165, 1.54) is 0 Å². The van der Waals surface area contributed by atoms with Gasteiger partial charge >= 0.3 is 0 Å². The van der Waals surface area contributed by atoms with Crippen LogP contribution in [-0.2, 0) is 0 Å². The topological polar surface area (TPSA) is 78.5 Å². The first-order valence-corrected chi connectivity index (χ1v) is 6.81. The number of amides is 1. The van der Waals surface area contributed by atoms with Crippen LogP contribution in [0.2, 0.25) is 0 Å². The van der Waals surface area contributed by atoms with Gasteiger partial charge in [-0.15, -0.1) is 0 Å². The van der Waals surface area contributed by atoms with Crippen LogP contribution in [-0.4, -0.2) is 45.9 Å². The molecule has 2 N–H and O–H groups in total. The number of hydrogen-bond acceptors (Lipinski definition) is 4. The second kappa shape index (κ2) is 5.57. The van der Waals surface area contributed by atoms with Gasteiger partial charge < -0.3 is 14.7 Å². The number of likely N-dealkylation sites (tertiary alicyclic amines) is 1. The Morgan fingerprint density at radius 3 is 3.05 bits per heavy atom. The Bertz CT molecular complexity index is 627. The number of hydrogen-bond donors (Lipinski definition) is 2. The number of nitrogens with zero attached hydrogens (tertiary/aromatic N) is 2. The molecule has 1 amide bonds. The molecule has 6 heteroatoms. The number of benzene rings is 1. The second-order valence-electron chi connectivity index (χ2n) is 5.11. The average molecular weight is 287 g/mol. The van der Waals surface area contributed by atoms with E-state index in [1.54, 1.807) is 24.3 Å². The number of ether oxygens (including phenoxy) is 1. The Kier molecular flexibility index (Phi) is 3.62. The van der Waals surface area contributed by atoms with Crippen molar-refractivity contribution in [3.63, 3.8) is 0 Å². The van der Waals surface area contributed by atoms with Crippen LogP contribution >= 0.6 is 0 Å². The first-order valence-electron chi connectivity index (χ1n) is 6.81. The summed E-state index contributed by atoms with van der Waals surface area (Å²) in [6.45, 7) is 0.319. The molecule has 3 rings (SSSR count). The third kappa shape index (κ3) is 2.62. The number of aliphatic hydroxyl groups excluding tert-OH is 1. The molecule has 0 bridgehead atoms. The van der Waals surface area contributed by atoms with Gasteiger partial charge in [-0.25, -0.2) is 0 Å². The predicted octanol–water partition coefficient (Wildman–Crippen LogP) is 1.37. The third-order valence-electron chi connectivity index (χ3n) is 3.75. The van der Waals surface area contributed by atoms with Crippen molar-refractivity contribution in [2.75, 3.05) is 13.7 Å². The minimum atomic E-state index is -0.520. The molecular formula is C15H17N3O3. The summed E-state index contributed by atoms with van der Waals surface area (Å²) >= 11 is 0. The summed E-state index contributed by atoms with van der Waals surface area (Å²) in [6, 6.07) is 9.06. The molecule has 1 aliphatic heterocycles. The van der Waals surface area contributed by atoms with Crippen LogP contribution in [0.3, 0.4) is 0 Å². The van der Waals surface area contributed by atoms with Gasteiger partial charge in [0.2, 0.25) is 0 Å². The molecule has 2 atom stereocenters. The van der Waals surface area contributed by atoms with Gasteiger partial charge in [0.05, 0.1) is 19.3 Å². The summed E-state index contributed by atoms with van der Waals surface area (Å²) in [5.41, 5.74) is 1.38. The molecule has 1 aromatic carbocycles. The fourth-order valence-electron chi connectivity index (χ4n) is 2.73. The summed E-state index contributed by atoms with van der Waals surface area (Å²) in [5, 5.41) is 16.4. The van der Waals surface area contributed by atoms with E-state index >= 15 is 0 Å². The number of methoxy groups -OCH3 is 1. The van der Waals surface area contributed by atoms with E-state index in [0.717, 1.165) is 11.3 Å². The zero-order valence-electron chi connectivity index (χ0n) is 11.7. The molecule has 1 saturated heterocycles. The summed E-state index contributed by atoms with van der Waals surface area (Å²) in [7, 11) is 1.61. The molecular weight excluding hydrogens is 270 g/mol. The molecule has 1 fully saturated rings. The molecule has 110 valence electrons. The van der Waals surface area contributed by atoms with E-state index in [-0.39, 0.29) is 11.9 Å². The van der Waals surface area contributed by atoms with Gasteiger partial charge in [0, 0.05) is 12.7 Å². The molecule has 2 aromatic rings. The van der Waals surface area contributed by atoms with Crippen LogP contribution in [0.5, 0.6) is 5.75 Å². The van der Waals surface area contributed by atoms with E-state index < -0.39 is 6.10 Å². The van der Waals surface area contributed by atoms with Crippen molar-refractivity contribution in [3.8, 4) is 5.75 Å². The third-order valence-corrected chi connectivity index (χ3v) is 3.75. The first-order chi connectivity index (χ1) is 10.2. The molecule has 0 aliphatic carbocycles. The van der Waals surface area contributed by atoms with Gasteiger partial charge in [0.15, 0.2) is 0 Å². The fourth-order valence-corrected chi connectivity index (χ4v) is 2.73. The van der Waals surface area contributed by atoms with Crippen LogP contribution in [0.4, 0.5) is 0 Å². The maximum atomic E-state index is 12.5. The number of aromatic amines is 1. The Morgan fingerprint density at radius 2 is 2.33 bits per heavy atom. The minimum Gasteiger partial charge on any atom is -0.497 e. The van der Waals surface area contributed by atoms with Crippen LogP contribution in [0.1, 0.15) is 28.5 Å². The highest BCUT2D eigenvalue weighted by molar-refractivity contribution is 5.92. The van der Waals surface area contributed by atoms with E-state index in [1.807, 2.05) is 24.3 Å². The van der Waals surface area contributed by atoms with Crippen molar-refractivity contribution in [3.05, 3.63) is 47.8 Å². The molecule has 2 heterocycles. The number of rotatable bonds is 3. The van der Waals surface area contributed by atoms with E-state index in [4.69, 9.17) is 4.74 Å². The van der Waals surface area contributed by atoms with Gasteiger partial charge in [-0.3, -0.25) is 9.89 Å². The van der Waals surface area contributed by atoms with Crippen molar-refractivity contribution in [2.45, 2.75) is 18.6 Å². The van der Waals surface area contributed by atoms with Gasteiger partial charge in [0.1, 0.15) is 11.4 Å². The lowest BCUT2D eigenvalue weighted by molar-refractivity contribution is 0.0709. The maximum absolute atomic E-state index is 12.5. The zero-order valence-corrected chi connectivity index (χ0v) is 11.7. The van der Waals surface area contributed by atoms with Crippen molar-refractivity contribution in [1.29, 1.82) is 0 Å². The van der Waals surface area contributed by atoms with Crippen molar-refractivity contribution < 1.29 is 14.6 Å². The Balaban J connectivity index is 1.90. The molecule has 21 heavy (non-hydrogen) atoms. The number of carbonyl (C=O) groups excluding carboxylic acids is 1. The number of H-pyrrole nitrogens is 1. The number of carbonyl (C=O) groups is 1. The average Bonchev–Trinajstić information content (AvgIpc) is 3.16. The lowest BCUT2D eigenvalue weighted by atomic mass is 10.0. The van der Waals surface area contributed by atoms with Crippen LogP contribution in [0.15, 0.2) is 36.5 Å². The quantitative estimate of drug-likeness (QED) is 0.893. The van der Waals surface area contributed by atoms with Crippen molar-refractivity contribution in [2.24, 2.45) is 0 Å². The monoisotopic (exact) mass is 287 g/mol. The Labute approximate surface area is 122 Å². The Morgan fingerprint density at radius 1 is 1.48 bits per heavy atom. The smallest absolute Gasteiger partial charge is 0.272 e. The number of β-amino-alcohol motifs (C(OH)–C–C–N with tert-alkyl or cyclic N) is 1. The first kappa shape index (κ1) is 13.6. The normalized spacial score (nSPS) is 21.5. The van der Waals surface area contributed by atoms with Gasteiger partial charge in [-0.1, -0.05) is 12.1 Å². The van der Waals surface area contributed by atoms with E-state index in [0.29, 0.717) is 18.7 Å². The van der Waals surface area contributed by atoms with Crippen LogP contribution in [0, 0.1) is 0 Å². The predicted molar refractivity (Wildman–Crippen MR) is 76.0 cm³/mol. The SMILES string of the molecule is COc1cccc([C@H]2C[C@H](O)CN2C(=O)c2ccn[nH]2)c1. The Hall–Kier alpha value is -2.34. The van der Waals surface area contributed by atoms with Crippen LogP contribution < -0.4 is 4.74 Å². The number of aromatic nitrogens is 2. The highest BCUT2D eigenvalue weighted by Gasteiger charge is 2.36. The lowest BCUT2D eigenvalue weighted by Crippen LogP contribution is -2.32. The summed E-state index contributed by atoms with van der Waals surface area (Å²) in [5.74, 6) is 0.583. The van der Waals surface area contributed by atoms with E-state index in [2.05, 4.69) is 10.2 Å². The largest absolute Gasteiger partial charge is 0.497 e. The van der Waals surface area contributed by atoms with Gasteiger partial charge in [-0.05, 0) is 30.2 Å². The van der Waals surface area contributed by atoms with Crippen LogP contribution in [0.25, 0.3) is 0 Å². The maximum Gasteiger partial charge on any atom is 0.272 e. The molecule has 1 aromatic heterocycles. The second-order valence-corrected chi connectivity index (χ2v) is 5.11. The van der Waals surface area contributed by atoms with E-state index in [9.17, 15) is 9.90 Å². The molecule has 0 radical (unpaired) electrons. The van der Waals surface area contributed by atoms with Crippen molar-refractivity contribution in [1.82, 2.24) is 15.1 Å². The van der Waals surface area contributed by atoms with Crippen molar-refractivity contribution >= 4 is 5.91 Å². The lowest BCUT2D eigenvalue weighted by Gasteiger charge is -2.24. The minimum absolute atomic E-state index is 0.156. The number of nitrogens with one attached hydrogen (secondary N) is 1. The molecule has 0 spiro atoms. The van der Waals surface area contributed by atoms with Gasteiger partial charge in [0.25, 0.3) is 5.91 Å². The fraction of sp³-hybridized carbons (Fsp3) is 0.333. The zero-order chi connectivity index (χ0) is 14.8. The highest BCUT2D eigenvalue weighted by atomic mass is 16.5. The summed E-state index contributed by atoms with van der Waals surface area (Å²) in [6.07, 6.45) is 1.54. The molecule has 6 nitrogen and oxygen atoms in total. The summed E-state index contributed by atoms with van der Waals surface area (Å²) in [4.78, 5) is 14.2. The van der Waals surface area contributed by atoms with Gasteiger partial charge in [-0.2, -0.15) is 5.10 Å². The highest BCUT2D eigenvalue weighted by Crippen LogP contribution is 2.34. The standard InChI is InChI=1S/C15H17N3O3/c1-21-12-4-2-3-10(7-12)14-8-11(19)9-18(14)15(20)13-5-6-16-17-13/h2-7,11,14,19H,8-9H2,1H3,(H,16,17)/t11-,14+/m0/s1. The molecule has 0 saturated carbocycles.